The third-order valence-corrected chi connectivity index (χ3v) is 5.33. The smallest absolute Gasteiger partial charge is 0.330 e. The molecule has 0 atom stereocenters. The molecule has 11 heteroatoms. The molecule has 0 radical (unpaired) electrons. The molecule has 0 aliphatic heterocycles. The molecule has 170 valence electrons. The predicted molar refractivity (Wildman–Crippen MR) is 122 cm³/mol. The first-order valence-electron chi connectivity index (χ1n) is 10.5. The molecule has 0 bridgehead atoms. The lowest BCUT2D eigenvalue weighted by molar-refractivity contribution is 0.0988. The number of anilines is 2. The zero-order valence-electron chi connectivity index (χ0n) is 18.2. The summed E-state index contributed by atoms with van der Waals surface area (Å²) in [5, 5.41) is 0.261. The van der Waals surface area contributed by atoms with Crippen molar-refractivity contribution in [1.82, 2.24) is 19.1 Å². The largest absolute Gasteiger partial charge is 0.383 e. The van der Waals surface area contributed by atoms with Crippen molar-refractivity contribution in [3.05, 3.63) is 65.4 Å². The standard InChI is InChI=1S/C21H26N6O5/c1-4-7-10-27-16(22)15(17(28)24-21(27)32)25(5-2)18(29)12-8-9-13-14(11-12)23-20(31)26(6-3)19(13)30/h8-9,11H,4-7,10,22H2,1-3H3,(H,23,31)(H,24,28,32). The maximum atomic E-state index is 13.3. The number of hydrogen-bond acceptors (Lipinski definition) is 6. The van der Waals surface area contributed by atoms with Crippen LogP contribution in [0, 0.1) is 0 Å². The van der Waals surface area contributed by atoms with Crippen molar-refractivity contribution in [2.45, 2.75) is 46.7 Å². The summed E-state index contributed by atoms with van der Waals surface area (Å²) in [5.74, 6) is -0.657. The van der Waals surface area contributed by atoms with Crippen molar-refractivity contribution in [3.63, 3.8) is 0 Å². The van der Waals surface area contributed by atoms with Crippen LogP contribution in [-0.2, 0) is 13.1 Å². The van der Waals surface area contributed by atoms with Gasteiger partial charge in [0.15, 0.2) is 5.69 Å². The number of fused-ring (bicyclic) bond motifs is 1. The van der Waals surface area contributed by atoms with E-state index < -0.39 is 28.4 Å². The summed E-state index contributed by atoms with van der Waals surface area (Å²) < 4.78 is 2.29. The van der Waals surface area contributed by atoms with Gasteiger partial charge in [-0.2, -0.15) is 0 Å². The lowest BCUT2D eigenvalue weighted by Crippen LogP contribution is -2.41. The average molecular weight is 442 g/mol. The van der Waals surface area contributed by atoms with Crippen LogP contribution < -0.4 is 33.1 Å². The molecule has 0 saturated carbocycles. The Morgan fingerprint density at radius 1 is 1.03 bits per heavy atom. The van der Waals surface area contributed by atoms with Gasteiger partial charge in [-0.15, -0.1) is 0 Å². The molecule has 0 fully saturated rings. The maximum absolute atomic E-state index is 13.3. The Morgan fingerprint density at radius 2 is 1.72 bits per heavy atom. The number of benzene rings is 1. The average Bonchev–Trinajstić information content (AvgIpc) is 2.75. The minimum atomic E-state index is -0.768. The highest BCUT2D eigenvalue weighted by Crippen LogP contribution is 2.20. The van der Waals surface area contributed by atoms with Crippen LogP contribution in [0.4, 0.5) is 11.5 Å². The van der Waals surface area contributed by atoms with E-state index in [0.717, 1.165) is 11.0 Å². The first kappa shape index (κ1) is 22.8. The molecule has 0 spiro atoms. The van der Waals surface area contributed by atoms with Gasteiger partial charge in [-0.3, -0.25) is 28.5 Å². The van der Waals surface area contributed by atoms with Gasteiger partial charge in [0.05, 0.1) is 10.9 Å². The Hall–Kier alpha value is -3.89. The summed E-state index contributed by atoms with van der Waals surface area (Å²) in [6, 6.07) is 4.29. The zero-order chi connectivity index (χ0) is 23.6. The van der Waals surface area contributed by atoms with Crippen LogP contribution in [-0.4, -0.2) is 31.6 Å². The summed E-state index contributed by atoms with van der Waals surface area (Å²) >= 11 is 0. The Morgan fingerprint density at radius 3 is 2.34 bits per heavy atom. The Labute approximate surface area is 182 Å². The van der Waals surface area contributed by atoms with Crippen LogP contribution in [0.2, 0.25) is 0 Å². The number of unbranched alkanes of at least 4 members (excludes halogenated alkanes) is 1. The quantitative estimate of drug-likeness (QED) is 0.487. The molecular weight excluding hydrogens is 416 g/mol. The number of H-pyrrole nitrogens is 2. The molecular formula is C21H26N6O5. The normalized spacial score (nSPS) is 11.1. The SMILES string of the molecule is CCCCn1c(N)c(N(CC)C(=O)c2ccc3c(=O)n(CC)c(=O)[nH]c3c2)c(=O)[nH]c1=O. The Balaban J connectivity index is 2.13. The van der Waals surface area contributed by atoms with E-state index >= 15 is 0 Å². The number of aromatic nitrogens is 4. The van der Waals surface area contributed by atoms with Gasteiger partial charge in [-0.25, -0.2) is 9.59 Å². The summed E-state index contributed by atoms with van der Waals surface area (Å²) in [5.41, 5.74) is 3.93. The van der Waals surface area contributed by atoms with Gasteiger partial charge >= 0.3 is 11.4 Å². The Kier molecular flexibility index (Phi) is 6.47. The van der Waals surface area contributed by atoms with Crippen LogP contribution in [0.25, 0.3) is 10.9 Å². The van der Waals surface area contributed by atoms with Crippen LogP contribution in [0.1, 0.15) is 44.0 Å². The van der Waals surface area contributed by atoms with Gasteiger partial charge in [0, 0.05) is 25.2 Å². The van der Waals surface area contributed by atoms with Crippen LogP contribution in [0.5, 0.6) is 0 Å². The molecule has 2 aromatic heterocycles. The number of hydrogen-bond donors (Lipinski definition) is 3. The van der Waals surface area contributed by atoms with Gasteiger partial charge in [0.2, 0.25) is 0 Å². The highest BCUT2D eigenvalue weighted by molar-refractivity contribution is 6.08. The van der Waals surface area contributed by atoms with Gasteiger partial charge in [0.1, 0.15) is 5.82 Å². The van der Waals surface area contributed by atoms with Crippen LogP contribution >= 0.6 is 0 Å². The van der Waals surface area contributed by atoms with E-state index in [9.17, 15) is 24.0 Å². The Bertz CT molecular complexity index is 1410. The topological polar surface area (TPSA) is 156 Å². The number of nitrogen functional groups attached to an aromatic ring is 1. The predicted octanol–water partition coefficient (Wildman–Crippen LogP) is 0.609. The molecule has 1 aromatic carbocycles. The highest BCUT2D eigenvalue weighted by Gasteiger charge is 2.24. The number of nitrogens with one attached hydrogen (secondary N) is 2. The van der Waals surface area contributed by atoms with E-state index in [1.54, 1.807) is 13.8 Å². The summed E-state index contributed by atoms with van der Waals surface area (Å²) in [6.07, 6.45) is 1.48. The number of nitrogens with zero attached hydrogens (tertiary/aromatic N) is 3. The van der Waals surface area contributed by atoms with Crippen LogP contribution in [0.15, 0.2) is 37.4 Å². The van der Waals surface area contributed by atoms with Crippen molar-refractivity contribution in [2.75, 3.05) is 17.2 Å². The highest BCUT2D eigenvalue weighted by atomic mass is 16.2. The number of amides is 1. The van der Waals surface area contributed by atoms with E-state index in [4.69, 9.17) is 5.73 Å². The number of aromatic amines is 2. The molecule has 0 aliphatic rings. The number of carbonyl (C=O) groups excluding carboxylic acids is 1. The van der Waals surface area contributed by atoms with E-state index in [1.165, 1.54) is 27.7 Å². The molecule has 4 N–H and O–H groups in total. The minimum Gasteiger partial charge on any atom is -0.383 e. The molecule has 0 unspecified atom stereocenters. The van der Waals surface area contributed by atoms with E-state index in [-0.39, 0.29) is 41.1 Å². The van der Waals surface area contributed by atoms with Crippen molar-refractivity contribution in [1.29, 1.82) is 0 Å². The third kappa shape index (κ3) is 3.88. The van der Waals surface area contributed by atoms with Gasteiger partial charge in [0.25, 0.3) is 17.0 Å². The van der Waals surface area contributed by atoms with Gasteiger partial charge < -0.3 is 15.6 Å². The van der Waals surface area contributed by atoms with Gasteiger partial charge in [-0.05, 0) is 38.5 Å². The first-order valence-corrected chi connectivity index (χ1v) is 10.5. The minimum absolute atomic E-state index is 0.0950. The lowest BCUT2D eigenvalue weighted by Gasteiger charge is -2.23. The molecule has 2 heterocycles. The fraction of sp³-hybridized carbons (Fsp3) is 0.381. The number of nitrogens with two attached hydrogens (primary N) is 1. The van der Waals surface area contributed by atoms with Crippen molar-refractivity contribution in [3.8, 4) is 0 Å². The second-order valence-corrected chi connectivity index (χ2v) is 7.29. The number of rotatable bonds is 7. The maximum Gasteiger partial charge on any atom is 0.330 e. The molecule has 3 aromatic rings. The van der Waals surface area contributed by atoms with Crippen molar-refractivity contribution < 1.29 is 4.79 Å². The molecule has 3 rings (SSSR count). The monoisotopic (exact) mass is 442 g/mol. The van der Waals surface area contributed by atoms with E-state index in [0.29, 0.717) is 13.0 Å². The van der Waals surface area contributed by atoms with Crippen LogP contribution in [0.3, 0.4) is 0 Å². The van der Waals surface area contributed by atoms with E-state index in [1.807, 2.05) is 6.92 Å². The summed E-state index contributed by atoms with van der Waals surface area (Å²) in [7, 11) is 0. The fourth-order valence-corrected chi connectivity index (χ4v) is 3.61. The third-order valence-electron chi connectivity index (χ3n) is 5.33. The lowest BCUT2D eigenvalue weighted by atomic mass is 10.1. The summed E-state index contributed by atoms with van der Waals surface area (Å²) in [6.45, 7) is 5.92. The fourth-order valence-electron chi connectivity index (χ4n) is 3.61. The molecule has 32 heavy (non-hydrogen) atoms. The van der Waals surface area contributed by atoms with E-state index in [2.05, 4.69) is 9.97 Å². The van der Waals surface area contributed by atoms with Crippen molar-refractivity contribution >= 4 is 28.3 Å². The second kappa shape index (κ2) is 9.08. The molecule has 0 saturated heterocycles. The zero-order valence-corrected chi connectivity index (χ0v) is 18.2. The number of carbonyl (C=O) groups is 1. The molecule has 11 nitrogen and oxygen atoms in total. The first-order chi connectivity index (χ1) is 15.2. The van der Waals surface area contributed by atoms with Crippen molar-refractivity contribution in [2.24, 2.45) is 0 Å². The summed E-state index contributed by atoms with van der Waals surface area (Å²) in [4.78, 5) is 68.6. The van der Waals surface area contributed by atoms with Gasteiger partial charge in [-0.1, -0.05) is 13.3 Å². The second-order valence-electron chi connectivity index (χ2n) is 7.29. The molecule has 1 amide bonds. The molecule has 0 aliphatic carbocycles.